The van der Waals surface area contributed by atoms with Gasteiger partial charge in [-0.05, 0) is 18.1 Å². The Labute approximate surface area is 157 Å². The van der Waals surface area contributed by atoms with Crippen LogP contribution in [0.3, 0.4) is 0 Å². The molecule has 1 saturated heterocycles. The van der Waals surface area contributed by atoms with Crippen molar-refractivity contribution in [3.05, 3.63) is 41.7 Å². The van der Waals surface area contributed by atoms with E-state index in [-0.39, 0.29) is 17.6 Å². The number of hydrogen-bond acceptors (Lipinski definition) is 6. The van der Waals surface area contributed by atoms with E-state index in [0.717, 1.165) is 16.3 Å². The highest BCUT2D eigenvalue weighted by Gasteiger charge is 2.36. The van der Waals surface area contributed by atoms with Gasteiger partial charge in [0.05, 0.1) is 11.7 Å². The van der Waals surface area contributed by atoms with Gasteiger partial charge >= 0.3 is 0 Å². The number of amides is 1. The lowest BCUT2D eigenvalue weighted by Crippen LogP contribution is -2.57. The zero-order valence-electron chi connectivity index (χ0n) is 15.0. The van der Waals surface area contributed by atoms with Crippen molar-refractivity contribution in [3.63, 3.8) is 0 Å². The smallest absolute Gasteiger partial charge is 0.227 e. The van der Waals surface area contributed by atoms with E-state index in [0.29, 0.717) is 13.1 Å². The van der Waals surface area contributed by atoms with Crippen molar-refractivity contribution in [1.29, 1.82) is 0 Å². The number of nitrogens with zero attached hydrogens (tertiary/aromatic N) is 4. The van der Waals surface area contributed by atoms with Crippen LogP contribution < -0.4 is 0 Å². The molecular weight excluding hydrogens is 372 g/mol. The van der Waals surface area contributed by atoms with Crippen LogP contribution in [0.5, 0.6) is 0 Å². The highest BCUT2D eigenvalue weighted by atomic mass is 32.2. The minimum absolute atomic E-state index is 0.0318. The predicted octanol–water partition coefficient (Wildman–Crippen LogP) is 1.47. The molecule has 2 aromatic rings. The van der Waals surface area contributed by atoms with Crippen LogP contribution >= 0.6 is 11.8 Å². The van der Waals surface area contributed by atoms with Gasteiger partial charge in [-0.15, -0.1) is 10.2 Å². The van der Waals surface area contributed by atoms with Crippen molar-refractivity contribution in [3.8, 4) is 0 Å². The van der Waals surface area contributed by atoms with Crippen molar-refractivity contribution in [1.82, 2.24) is 19.7 Å². The van der Waals surface area contributed by atoms with E-state index in [1.165, 1.54) is 6.26 Å². The second-order valence-electron chi connectivity index (χ2n) is 6.66. The summed E-state index contributed by atoms with van der Waals surface area (Å²) >= 11 is 1.61. The summed E-state index contributed by atoms with van der Waals surface area (Å²) in [5.41, 5.74) is 2.04. The summed E-state index contributed by atoms with van der Waals surface area (Å²) in [5.74, 6) is -0.0318. The first-order chi connectivity index (χ1) is 12.2. The first kappa shape index (κ1) is 18.9. The zero-order chi connectivity index (χ0) is 18.9. The van der Waals surface area contributed by atoms with Crippen molar-refractivity contribution in [2.75, 3.05) is 19.3 Å². The molecule has 0 saturated carbocycles. The number of sulfone groups is 1. The first-order valence-corrected chi connectivity index (χ1v) is 11.1. The van der Waals surface area contributed by atoms with Crippen LogP contribution in [0.1, 0.15) is 23.3 Å². The van der Waals surface area contributed by atoms with Crippen molar-refractivity contribution in [2.45, 2.75) is 29.0 Å². The fourth-order valence-corrected chi connectivity index (χ4v) is 4.57. The molecule has 0 bridgehead atoms. The molecule has 1 amide bonds. The second-order valence-corrected chi connectivity index (χ2v) is 10.3. The van der Waals surface area contributed by atoms with Gasteiger partial charge in [-0.25, -0.2) is 8.42 Å². The molecule has 1 atom stereocenters. The predicted molar refractivity (Wildman–Crippen MR) is 101 cm³/mol. The van der Waals surface area contributed by atoms with Crippen LogP contribution in [-0.2, 0) is 28.1 Å². The van der Waals surface area contributed by atoms with Gasteiger partial charge in [0.15, 0.2) is 15.0 Å². The van der Waals surface area contributed by atoms with Gasteiger partial charge in [-0.1, -0.05) is 36.0 Å². The standard InChI is InChI=1S/C17H22N4O3S2/c1-12(25-17-19-18-11-20(17)2)14-6-4-5-13(7-14)8-16(22)21-9-15(10-21)26(3,23)24/h4-7,11-12,15H,8-10H2,1-3H3/t12-/m0/s1. The largest absolute Gasteiger partial charge is 0.340 e. The van der Waals surface area contributed by atoms with E-state index >= 15 is 0 Å². The summed E-state index contributed by atoms with van der Waals surface area (Å²) in [6.45, 7) is 2.69. The highest BCUT2D eigenvalue weighted by molar-refractivity contribution is 7.99. The minimum Gasteiger partial charge on any atom is -0.340 e. The molecule has 1 fully saturated rings. The van der Waals surface area contributed by atoms with E-state index in [9.17, 15) is 13.2 Å². The molecule has 2 heterocycles. The molecule has 3 rings (SSSR count). The molecule has 0 unspecified atom stereocenters. The van der Waals surface area contributed by atoms with Crippen molar-refractivity contribution in [2.24, 2.45) is 7.05 Å². The van der Waals surface area contributed by atoms with Gasteiger partial charge in [0, 0.05) is 31.6 Å². The van der Waals surface area contributed by atoms with E-state index in [4.69, 9.17) is 0 Å². The Morgan fingerprint density at radius 3 is 2.73 bits per heavy atom. The molecule has 26 heavy (non-hydrogen) atoms. The quantitative estimate of drug-likeness (QED) is 0.690. The van der Waals surface area contributed by atoms with Crippen molar-refractivity contribution < 1.29 is 13.2 Å². The third-order valence-electron chi connectivity index (χ3n) is 4.53. The first-order valence-electron chi connectivity index (χ1n) is 8.30. The number of hydrogen-bond donors (Lipinski definition) is 0. The summed E-state index contributed by atoms with van der Waals surface area (Å²) in [7, 11) is -1.16. The van der Waals surface area contributed by atoms with E-state index in [2.05, 4.69) is 17.1 Å². The van der Waals surface area contributed by atoms with Crippen LogP contribution in [0, 0.1) is 0 Å². The second kappa shape index (κ2) is 7.40. The Balaban J connectivity index is 1.61. The summed E-state index contributed by atoms with van der Waals surface area (Å²) < 4.78 is 24.8. The number of aryl methyl sites for hydroxylation is 1. The number of thioether (sulfide) groups is 1. The fraction of sp³-hybridized carbons (Fsp3) is 0.471. The molecule has 9 heteroatoms. The normalized spacial score (nSPS) is 16.3. The van der Waals surface area contributed by atoms with Gasteiger partial charge < -0.3 is 9.47 Å². The number of rotatable bonds is 6. The van der Waals surface area contributed by atoms with Gasteiger partial charge in [0.1, 0.15) is 6.33 Å². The molecule has 0 radical (unpaired) electrons. The third kappa shape index (κ3) is 4.27. The lowest BCUT2D eigenvalue weighted by Gasteiger charge is -2.38. The Hall–Kier alpha value is -1.87. The lowest BCUT2D eigenvalue weighted by atomic mass is 10.0. The van der Waals surface area contributed by atoms with Gasteiger partial charge in [0.25, 0.3) is 0 Å². The Bertz CT molecular complexity index is 904. The Morgan fingerprint density at radius 1 is 1.38 bits per heavy atom. The summed E-state index contributed by atoms with van der Waals surface area (Å²) in [6.07, 6.45) is 3.17. The molecular formula is C17H22N4O3S2. The number of benzene rings is 1. The lowest BCUT2D eigenvalue weighted by molar-refractivity contribution is -0.133. The van der Waals surface area contributed by atoms with E-state index in [1.54, 1.807) is 23.0 Å². The molecule has 1 aliphatic rings. The maximum Gasteiger partial charge on any atom is 0.227 e. The van der Waals surface area contributed by atoms with Crippen LogP contribution in [0.4, 0.5) is 0 Å². The highest BCUT2D eigenvalue weighted by Crippen LogP contribution is 2.33. The minimum atomic E-state index is -3.06. The molecule has 1 aromatic heterocycles. The van der Waals surface area contributed by atoms with E-state index in [1.807, 2.05) is 35.9 Å². The van der Waals surface area contributed by atoms with Gasteiger partial charge in [-0.2, -0.15) is 0 Å². The average Bonchev–Trinajstić information content (AvgIpc) is 2.89. The molecule has 140 valence electrons. The number of carbonyl (C=O) groups is 1. The molecule has 0 N–H and O–H groups in total. The summed E-state index contributed by atoms with van der Waals surface area (Å²) in [4.78, 5) is 14.0. The summed E-state index contributed by atoms with van der Waals surface area (Å²) in [6, 6.07) is 7.93. The Morgan fingerprint density at radius 2 is 2.12 bits per heavy atom. The topological polar surface area (TPSA) is 85.2 Å². The number of likely N-dealkylation sites (tertiary alicyclic amines) is 1. The summed E-state index contributed by atoms with van der Waals surface area (Å²) in [5, 5.41) is 8.57. The Kier molecular flexibility index (Phi) is 5.38. The van der Waals surface area contributed by atoms with Crippen molar-refractivity contribution >= 4 is 27.5 Å². The average molecular weight is 395 g/mol. The maximum absolute atomic E-state index is 12.4. The number of carbonyl (C=O) groups excluding carboxylic acids is 1. The van der Waals surface area contributed by atoms with Gasteiger partial charge in [0.2, 0.25) is 5.91 Å². The van der Waals surface area contributed by atoms with Crippen LogP contribution in [0.15, 0.2) is 35.7 Å². The van der Waals surface area contributed by atoms with Crippen LogP contribution in [0.2, 0.25) is 0 Å². The third-order valence-corrected chi connectivity index (χ3v) is 7.25. The van der Waals surface area contributed by atoms with Crippen LogP contribution in [0.25, 0.3) is 0 Å². The molecule has 1 aromatic carbocycles. The molecule has 0 spiro atoms. The van der Waals surface area contributed by atoms with E-state index < -0.39 is 15.1 Å². The maximum atomic E-state index is 12.4. The monoisotopic (exact) mass is 394 g/mol. The molecule has 1 aliphatic heterocycles. The number of aromatic nitrogens is 3. The molecule has 7 nitrogen and oxygen atoms in total. The van der Waals surface area contributed by atoms with Crippen LogP contribution in [-0.4, -0.2) is 58.6 Å². The van der Waals surface area contributed by atoms with Gasteiger partial charge in [-0.3, -0.25) is 4.79 Å². The molecule has 0 aliphatic carbocycles. The zero-order valence-corrected chi connectivity index (χ0v) is 16.6. The SMILES string of the molecule is C[C@H](Sc1nncn1C)c1cccc(CC(=O)N2CC(S(C)(=O)=O)C2)c1. The fourth-order valence-electron chi connectivity index (χ4n) is 2.76.